The summed E-state index contributed by atoms with van der Waals surface area (Å²) in [6, 6.07) is 8.04. The summed E-state index contributed by atoms with van der Waals surface area (Å²) in [6.45, 7) is 5.95. The summed E-state index contributed by atoms with van der Waals surface area (Å²) in [5, 5.41) is 0. The first-order valence-corrected chi connectivity index (χ1v) is 8.88. The van der Waals surface area contributed by atoms with Gasteiger partial charge in [-0.3, -0.25) is 4.79 Å². The first-order valence-electron chi connectivity index (χ1n) is 7.07. The summed E-state index contributed by atoms with van der Waals surface area (Å²) in [5.41, 5.74) is 7.28. The van der Waals surface area contributed by atoms with E-state index in [1.165, 1.54) is 11.3 Å². The molecular formula is C16H20N2O2S2. The largest absolute Gasteiger partial charge is 0.491 e. The number of nitrogens with two attached hydrogens (primary N) is 1. The summed E-state index contributed by atoms with van der Waals surface area (Å²) >= 11 is 3.19. The monoisotopic (exact) mass is 336 g/mol. The summed E-state index contributed by atoms with van der Waals surface area (Å²) < 4.78 is 6.78. The smallest absolute Gasteiger partial charge is 0.222 e. The van der Waals surface area contributed by atoms with Gasteiger partial charge in [0.2, 0.25) is 5.91 Å². The van der Waals surface area contributed by atoms with E-state index in [4.69, 9.17) is 10.5 Å². The topological polar surface area (TPSA) is 65.2 Å². The molecule has 4 nitrogen and oxygen atoms in total. The fraction of sp³-hybridized carbons (Fsp3) is 0.375. The number of ether oxygens (including phenoxy) is 1. The van der Waals surface area contributed by atoms with Crippen molar-refractivity contribution in [3.8, 4) is 5.75 Å². The fourth-order valence-corrected chi connectivity index (χ4v) is 4.15. The highest BCUT2D eigenvalue weighted by atomic mass is 32.2. The Morgan fingerprint density at radius 2 is 2.14 bits per heavy atom. The van der Waals surface area contributed by atoms with Crippen molar-refractivity contribution in [2.75, 3.05) is 0 Å². The molecule has 118 valence electrons. The van der Waals surface area contributed by atoms with Crippen molar-refractivity contribution in [2.24, 2.45) is 5.73 Å². The molecule has 0 saturated heterocycles. The molecule has 1 aromatic carbocycles. The van der Waals surface area contributed by atoms with Crippen molar-refractivity contribution in [1.82, 2.24) is 4.98 Å². The van der Waals surface area contributed by atoms with Gasteiger partial charge in [-0.15, -0.1) is 11.3 Å². The minimum absolute atomic E-state index is 0.149. The van der Waals surface area contributed by atoms with Gasteiger partial charge < -0.3 is 10.5 Å². The third-order valence-corrected chi connectivity index (χ3v) is 5.24. The van der Waals surface area contributed by atoms with Crippen molar-refractivity contribution < 1.29 is 9.53 Å². The normalized spacial score (nSPS) is 10.9. The highest BCUT2D eigenvalue weighted by molar-refractivity contribution is 8.00. The van der Waals surface area contributed by atoms with E-state index in [1.54, 1.807) is 11.8 Å². The average Bonchev–Trinajstić information content (AvgIpc) is 2.77. The number of benzene rings is 1. The minimum atomic E-state index is -0.320. The number of thiazole rings is 1. The van der Waals surface area contributed by atoms with Crippen molar-refractivity contribution in [2.45, 2.75) is 43.4 Å². The molecule has 0 atom stereocenters. The van der Waals surface area contributed by atoms with Crippen LogP contribution in [0.1, 0.15) is 30.0 Å². The zero-order chi connectivity index (χ0) is 16.1. The lowest BCUT2D eigenvalue weighted by Gasteiger charge is -2.13. The molecular weight excluding hydrogens is 316 g/mol. The summed E-state index contributed by atoms with van der Waals surface area (Å²) in [5.74, 6) is 1.38. The molecule has 0 saturated carbocycles. The molecule has 6 heteroatoms. The lowest BCUT2D eigenvalue weighted by Crippen LogP contribution is -2.13. The standard InChI is InChI=1S/C16H20N2O2S2/c1-10(2)20-13-7-5-4-6-12(13)9-21-16-18-11(3)14(22-16)8-15(17)19/h4-7,10H,8-9H2,1-3H3,(H2,17,19). The number of thioether (sulfide) groups is 1. The molecule has 0 bridgehead atoms. The number of hydrogen-bond donors (Lipinski definition) is 1. The maximum absolute atomic E-state index is 11.0. The van der Waals surface area contributed by atoms with Gasteiger partial charge in [0.1, 0.15) is 5.75 Å². The Bertz CT molecular complexity index is 653. The van der Waals surface area contributed by atoms with E-state index >= 15 is 0 Å². The average molecular weight is 336 g/mol. The lowest BCUT2D eigenvalue weighted by atomic mass is 10.2. The van der Waals surface area contributed by atoms with E-state index in [2.05, 4.69) is 11.1 Å². The predicted molar refractivity (Wildman–Crippen MR) is 91.5 cm³/mol. The predicted octanol–water partition coefficient (Wildman–Crippen LogP) is 3.56. The molecule has 0 fully saturated rings. The summed E-state index contributed by atoms with van der Waals surface area (Å²) in [7, 11) is 0. The highest BCUT2D eigenvalue weighted by Gasteiger charge is 2.12. The number of para-hydroxylation sites is 1. The minimum Gasteiger partial charge on any atom is -0.491 e. The number of aryl methyl sites for hydroxylation is 1. The van der Waals surface area contributed by atoms with Crippen LogP contribution < -0.4 is 10.5 Å². The van der Waals surface area contributed by atoms with Gasteiger partial charge >= 0.3 is 0 Å². The molecule has 0 aliphatic carbocycles. The van der Waals surface area contributed by atoms with Crippen LogP contribution in [0.2, 0.25) is 0 Å². The van der Waals surface area contributed by atoms with Crippen molar-refractivity contribution in [3.63, 3.8) is 0 Å². The van der Waals surface area contributed by atoms with Crippen molar-refractivity contribution in [3.05, 3.63) is 40.4 Å². The number of amides is 1. The zero-order valence-electron chi connectivity index (χ0n) is 13.0. The second kappa shape index (κ2) is 7.65. The number of nitrogens with zero attached hydrogens (tertiary/aromatic N) is 1. The summed E-state index contributed by atoms with van der Waals surface area (Å²) in [4.78, 5) is 16.5. The number of primary amides is 1. The molecule has 1 amide bonds. The van der Waals surface area contributed by atoms with E-state index in [0.717, 1.165) is 32.0 Å². The highest BCUT2D eigenvalue weighted by Crippen LogP contribution is 2.32. The second-order valence-electron chi connectivity index (χ2n) is 5.19. The van der Waals surface area contributed by atoms with Crippen molar-refractivity contribution >= 4 is 29.0 Å². The van der Waals surface area contributed by atoms with Crippen LogP contribution in [-0.4, -0.2) is 17.0 Å². The molecule has 1 aromatic heterocycles. The first-order chi connectivity index (χ1) is 10.5. The Kier molecular flexibility index (Phi) is 5.85. The van der Waals surface area contributed by atoms with Gasteiger partial charge in [-0.25, -0.2) is 4.98 Å². The zero-order valence-corrected chi connectivity index (χ0v) is 14.6. The van der Waals surface area contributed by atoms with E-state index in [9.17, 15) is 4.79 Å². The molecule has 2 rings (SSSR count). The molecule has 22 heavy (non-hydrogen) atoms. The quantitative estimate of drug-likeness (QED) is 0.785. The van der Waals surface area contributed by atoms with Gasteiger partial charge in [0.15, 0.2) is 4.34 Å². The third-order valence-electron chi connectivity index (χ3n) is 2.89. The van der Waals surface area contributed by atoms with E-state index in [0.29, 0.717) is 0 Å². The summed E-state index contributed by atoms with van der Waals surface area (Å²) in [6.07, 6.45) is 0.410. The Labute approximate surface area is 139 Å². The van der Waals surface area contributed by atoms with Crippen LogP contribution in [0.5, 0.6) is 5.75 Å². The Balaban J connectivity index is 2.06. The first kappa shape index (κ1) is 16.8. The molecule has 0 aliphatic rings. The van der Waals surface area contributed by atoms with Crippen LogP contribution in [0.25, 0.3) is 0 Å². The Morgan fingerprint density at radius 3 is 2.82 bits per heavy atom. The molecule has 2 aromatic rings. The van der Waals surface area contributed by atoms with Gasteiger partial charge in [-0.05, 0) is 26.8 Å². The van der Waals surface area contributed by atoms with E-state index < -0.39 is 0 Å². The Morgan fingerprint density at radius 1 is 1.41 bits per heavy atom. The molecule has 2 N–H and O–H groups in total. The number of carbonyl (C=O) groups excluding carboxylic acids is 1. The second-order valence-corrected chi connectivity index (χ2v) is 7.50. The van der Waals surface area contributed by atoms with Crippen LogP contribution in [-0.2, 0) is 17.0 Å². The molecule has 1 heterocycles. The fourth-order valence-electron chi connectivity index (χ4n) is 1.92. The SMILES string of the molecule is Cc1nc(SCc2ccccc2OC(C)C)sc1CC(N)=O. The van der Waals surface area contributed by atoms with E-state index in [1.807, 2.05) is 39.0 Å². The number of rotatable bonds is 7. The lowest BCUT2D eigenvalue weighted by molar-refractivity contribution is -0.117. The maximum atomic E-state index is 11.0. The van der Waals surface area contributed by atoms with Gasteiger partial charge in [0.25, 0.3) is 0 Å². The maximum Gasteiger partial charge on any atom is 0.222 e. The Hall–Kier alpha value is -1.53. The third kappa shape index (κ3) is 4.74. The van der Waals surface area contributed by atoms with Crippen molar-refractivity contribution in [1.29, 1.82) is 0 Å². The molecule has 0 spiro atoms. The van der Waals surface area contributed by atoms with Crippen LogP contribution in [0.15, 0.2) is 28.6 Å². The molecule has 0 unspecified atom stereocenters. The van der Waals surface area contributed by atoms with Gasteiger partial charge in [0.05, 0.1) is 18.2 Å². The van der Waals surface area contributed by atoms with Gasteiger partial charge in [-0.2, -0.15) is 0 Å². The van der Waals surface area contributed by atoms with Crippen LogP contribution in [0.4, 0.5) is 0 Å². The molecule has 0 aliphatic heterocycles. The number of hydrogen-bond acceptors (Lipinski definition) is 5. The van der Waals surface area contributed by atoms with E-state index in [-0.39, 0.29) is 18.4 Å². The van der Waals surface area contributed by atoms with Crippen LogP contribution in [0.3, 0.4) is 0 Å². The van der Waals surface area contributed by atoms with Crippen LogP contribution in [0, 0.1) is 6.92 Å². The van der Waals surface area contributed by atoms with Gasteiger partial charge in [-0.1, -0.05) is 30.0 Å². The van der Waals surface area contributed by atoms with Crippen LogP contribution >= 0.6 is 23.1 Å². The number of carbonyl (C=O) groups is 1. The number of aromatic nitrogens is 1. The van der Waals surface area contributed by atoms with Gasteiger partial charge in [0, 0.05) is 16.2 Å². The molecule has 0 radical (unpaired) electrons.